The third-order valence-corrected chi connectivity index (χ3v) is 6.03. The predicted molar refractivity (Wildman–Crippen MR) is 210 cm³/mol. The van der Waals surface area contributed by atoms with Crippen molar-refractivity contribution in [2.24, 2.45) is 0 Å². The van der Waals surface area contributed by atoms with Crippen molar-refractivity contribution in [3.63, 3.8) is 0 Å². The Bertz CT molecular complexity index is 677. The lowest BCUT2D eigenvalue weighted by Crippen LogP contribution is -2.43. The fourth-order valence-electron chi connectivity index (χ4n) is 3.37. The maximum Gasteiger partial charge on any atom is 0.317 e. The lowest BCUT2D eigenvalue weighted by Gasteiger charge is -2.23. The van der Waals surface area contributed by atoms with Crippen LogP contribution in [0, 0.1) is 0 Å². The second kappa shape index (κ2) is 56.6. The second-order valence-electron chi connectivity index (χ2n) is 10.9. The molecule has 338 valence electrons. The second-order valence-corrected chi connectivity index (χ2v) is 10.9. The van der Waals surface area contributed by atoms with E-state index in [0.29, 0.717) is 0 Å². The standard InChI is InChI=1S/C10H16N2O8.4C6H15NO2/c13-7(14)3-11(4-8(15)16)1-2-12(5-9(17)18)6-10(19)20;4*1-8-5-3-7-4-6-9-2/h1-6H2,(H,13,14)(H,15,16)(H,17,18)(H,19,20);4*7H,3-6H2,1-2H3. The summed E-state index contributed by atoms with van der Waals surface area (Å²) in [6.45, 7) is 11.1. The highest BCUT2D eigenvalue weighted by Gasteiger charge is 2.18. The van der Waals surface area contributed by atoms with Crippen LogP contribution in [0.1, 0.15) is 0 Å². The van der Waals surface area contributed by atoms with E-state index in [1.807, 2.05) is 0 Å². The first kappa shape index (κ1) is 62.5. The molecule has 0 spiro atoms. The zero-order chi connectivity index (χ0) is 43.5. The lowest BCUT2D eigenvalue weighted by molar-refractivity contribution is -0.145. The number of rotatable bonds is 35. The van der Waals surface area contributed by atoms with Crippen molar-refractivity contribution in [1.29, 1.82) is 0 Å². The highest BCUT2D eigenvalue weighted by molar-refractivity contribution is 5.73. The predicted octanol–water partition coefficient (Wildman–Crippen LogP) is -2.60. The molecule has 0 saturated carbocycles. The van der Waals surface area contributed by atoms with Crippen LogP contribution in [0.5, 0.6) is 0 Å². The summed E-state index contributed by atoms with van der Waals surface area (Å²) in [5.41, 5.74) is 0. The number of carboxylic acids is 4. The van der Waals surface area contributed by atoms with Crippen LogP contribution in [-0.2, 0) is 57.1 Å². The van der Waals surface area contributed by atoms with E-state index in [4.69, 9.17) is 58.3 Å². The van der Waals surface area contributed by atoms with Crippen LogP contribution in [0.4, 0.5) is 0 Å². The van der Waals surface area contributed by atoms with Crippen LogP contribution >= 0.6 is 0 Å². The molecule has 8 N–H and O–H groups in total. The number of ether oxygens (including phenoxy) is 8. The summed E-state index contributed by atoms with van der Waals surface area (Å²) in [6, 6.07) is 0. The number of hydrogen-bond acceptors (Lipinski definition) is 18. The molecule has 0 fully saturated rings. The Kier molecular flexibility index (Phi) is 63.2. The molecule has 0 aromatic rings. The highest BCUT2D eigenvalue weighted by atomic mass is 16.5. The Morgan fingerprint density at radius 1 is 0.339 bits per heavy atom. The molecule has 0 heterocycles. The molecule has 0 radical (unpaired) electrons. The summed E-state index contributed by atoms with van der Waals surface area (Å²) in [5, 5.41) is 47.0. The topological polar surface area (TPSA) is 278 Å². The average Bonchev–Trinajstić information content (AvgIpc) is 3.14. The van der Waals surface area contributed by atoms with Gasteiger partial charge in [0.05, 0.1) is 79.0 Å². The number of nitrogens with one attached hydrogen (secondary N) is 4. The summed E-state index contributed by atoms with van der Waals surface area (Å²) in [4.78, 5) is 44.4. The summed E-state index contributed by atoms with van der Waals surface area (Å²) in [5.74, 6) is -4.91. The van der Waals surface area contributed by atoms with Crippen LogP contribution in [0.2, 0.25) is 0 Å². The van der Waals surface area contributed by atoms with Crippen molar-refractivity contribution in [2.75, 3.05) is 201 Å². The third-order valence-electron chi connectivity index (χ3n) is 6.03. The Morgan fingerprint density at radius 3 is 0.589 bits per heavy atom. The van der Waals surface area contributed by atoms with Crippen LogP contribution in [0.15, 0.2) is 0 Å². The molecule has 0 saturated heterocycles. The van der Waals surface area contributed by atoms with Crippen molar-refractivity contribution in [2.45, 2.75) is 0 Å². The number of carboxylic acid groups (broad SMARTS) is 4. The summed E-state index contributed by atoms with van der Waals surface area (Å²) in [7, 11) is 13.5. The molecule has 0 aliphatic heterocycles. The molecule has 0 amide bonds. The van der Waals surface area contributed by atoms with E-state index in [9.17, 15) is 19.2 Å². The lowest BCUT2D eigenvalue weighted by atomic mass is 10.4. The monoisotopic (exact) mass is 825 g/mol. The molecule has 0 aliphatic rings. The van der Waals surface area contributed by atoms with E-state index < -0.39 is 50.1 Å². The van der Waals surface area contributed by atoms with E-state index in [2.05, 4.69) is 21.3 Å². The fourth-order valence-corrected chi connectivity index (χ4v) is 3.37. The van der Waals surface area contributed by atoms with E-state index in [0.717, 1.165) is 115 Å². The number of hydrogen-bond donors (Lipinski definition) is 8. The van der Waals surface area contributed by atoms with Crippen molar-refractivity contribution < 1.29 is 77.5 Å². The molecule has 0 aliphatic carbocycles. The Hall–Kier alpha value is -2.68. The van der Waals surface area contributed by atoms with Crippen LogP contribution in [-0.4, -0.2) is 255 Å². The normalized spacial score (nSPS) is 10.2. The minimum absolute atomic E-state index is 0.0703. The quantitative estimate of drug-likeness (QED) is 0.0304. The van der Waals surface area contributed by atoms with Gasteiger partial charge in [-0.25, -0.2) is 0 Å². The zero-order valence-corrected chi connectivity index (χ0v) is 35.1. The van der Waals surface area contributed by atoms with E-state index in [1.165, 1.54) is 0 Å². The van der Waals surface area contributed by atoms with Crippen LogP contribution in [0.3, 0.4) is 0 Å². The molecule has 0 aromatic carbocycles. The van der Waals surface area contributed by atoms with Gasteiger partial charge < -0.3 is 79.6 Å². The zero-order valence-electron chi connectivity index (χ0n) is 35.1. The molecular formula is C34H76N6O16. The molecule has 0 unspecified atom stereocenters. The van der Waals surface area contributed by atoms with Crippen LogP contribution < -0.4 is 21.3 Å². The number of methoxy groups -OCH3 is 8. The molecule has 0 aromatic heterocycles. The van der Waals surface area contributed by atoms with Crippen molar-refractivity contribution in [3.8, 4) is 0 Å². The minimum atomic E-state index is -1.23. The summed E-state index contributed by atoms with van der Waals surface area (Å²) in [6.07, 6.45) is 0. The van der Waals surface area contributed by atoms with Gasteiger partial charge in [-0.15, -0.1) is 0 Å². The molecule has 0 bridgehead atoms. The number of carbonyl (C=O) groups is 4. The molecule has 0 atom stereocenters. The fraction of sp³-hybridized carbons (Fsp3) is 0.882. The Balaban J connectivity index is -0.000000205. The van der Waals surface area contributed by atoms with Gasteiger partial charge in [-0.05, 0) is 0 Å². The highest BCUT2D eigenvalue weighted by Crippen LogP contribution is 1.94. The van der Waals surface area contributed by atoms with Gasteiger partial charge >= 0.3 is 23.9 Å². The molecule has 22 heteroatoms. The average molecular weight is 825 g/mol. The van der Waals surface area contributed by atoms with Crippen molar-refractivity contribution in [3.05, 3.63) is 0 Å². The smallest absolute Gasteiger partial charge is 0.317 e. The maximum atomic E-state index is 10.6. The van der Waals surface area contributed by atoms with Gasteiger partial charge in [-0.1, -0.05) is 0 Å². The van der Waals surface area contributed by atoms with Crippen LogP contribution in [0.25, 0.3) is 0 Å². The molecule has 22 nitrogen and oxygen atoms in total. The van der Waals surface area contributed by atoms with Gasteiger partial charge in [-0.3, -0.25) is 29.0 Å². The summed E-state index contributed by atoms with van der Waals surface area (Å²) >= 11 is 0. The molecule has 0 rings (SSSR count). The van der Waals surface area contributed by atoms with Crippen molar-refractivity contribution >= 4 is 23.9 Å². The maximum absolute atomic E-state index is 10.6. The van der Waals surface area contributed by atoms with Gasteiger partial charge in [0.15, 0.2) is 0 Å². The SMILES string of the molecule is COCCNCCOC.COCCNCCOC.COCCNCCOC.COCCNCCOC.O=C(O)CN(CCN(CC(=O)O)CC(=O)O)CC(=O)O. The largest absolute Gasteiger partial charge is 0.480 e. The first-order valence-corrected chi connectivity index (χ1v) is 17.9. The number of nitrogens with zero attached hydrogens (tertiary/aromatic N) is 2. The molecular weight excluding hydrogens is 748 g/mol. The van der Waals surface area contributed by atoms with Crippen molar-refractivity contribution in [1.82, 2.24) is 31.1 Å². The Morgan fingerprint density at radius 2 is 0.482 bits per heavy atom. The first-order valence-electron chi connectivity index (χ1n) is 17.9. The van der Waals surface area contributed by atoms with Gasteiger partial charge in [0, 0.05) is 122 Å². The minimum Gasteiger partial charge on any atom is -0.480 e. The van der Waals surface area contributed by atoms with Gasteiger partial charge in [0.1, 0.15) is 0 Å². The van der Waals surface area contributed by atoms with E-state index >= 15 is 0 Å². The third kappa shape index (κ3) is 72.6. The first-order chi connectivity index (χ1) is 26.9. The van der Waals surface area contributed by atoms with Gasteiger partial charge in [0.2, 0.25) is 0 Å². The van der Waals surface area contributed by atoms with E-state index in [-0.39, 0.29) is 13.1 Å². The number of aliphatic carboxylic acids is 4. The van der Waals surface area contributed by atoms with E-state index in [1.54, 1.807) is 56.9 Å². The van der Waals surface area contributed by atoms with Gasteiger partial charge in [-0.2, -0.15) is 0 Å². The summed E-state index contributed by atoms with van der Waals surface area (Å²) < 4.78 is 38.5. The Labute approximate surface area is 333 Å². The molecule has 56 heavy (non-hydrogen) atoms. The van der Waals surface area contributed by atoms with Gasteiger partial charge in [0.25, 0.3) is 0 Å².